The maximum Gasteiger partial charge on any atom is 0.303 e. The Morgan fingerprint density at radius 1 is 0.970 bits per heavy atom. The first-order chi connectivity index (χ1) is 16.0. The standard InChI is InChI=1S/C26H30N2O5/c1-3-31-24-12-9-20-7-4-5-8-23(20)25(24)26(30)28-14-6-13-27(15-16-28)17-21-10-11-22(33-21)18-32-19(2)29/h4-5,7-12H,3,6,13-18H2,1-2H3. The quantitative estimate of drug-likeness (QED) is 0.502. The van der Waals surface area contributed by atoms with Gasteiger partial charge in [-0.1, -0.05) is 30.3 Å². The van der Waals surface area contributed by atoms with Crippen molar-refractivity contribution < 1.29 is 23.5 Å². The summed E-state index contributed by atoms with van der Waals surface area (Å²) in [5, 5.41) is 1.95. The summed E-state index contributed by atoms with van der Waals surface area (Å²) in [4.78, 5) is 28.8. The number of hydrogen-bond donors (Lipinski definition) is 0. The van der Waals surface area contributed by atoms with E-state index in [1.165, 1.54) is 6.92 Å². The zero-order valence-corrected chi connectivity index (χ0v) is 19.2. The van der Waals surface area contributed by atoms with Crippen LogP contribution in [0, 0.1) is 0 Å². The average Bonchev–Trinajstić information content (AvgIpc) is 3.13. The SMILES string of the molecule is CCOc1ccc2ccccc2c1C(=O)N1CCCN(Cc2ccc(COC(C)=O)o2)CC1. The number of rotatable bonds is 7. The number of benzene rings is 2. The summed E-state index contributed by atoms with van der Waals surface area (Å²) in [6.45, 7) is 7.57. The van der Waals surface area contributed by atoms with Gasteiger partial charge in [0.1, 0.15) is 23.9 Å². The lowest BCUT2D eigenvalue weighted by Crippen LogP contribution is -2.35. The highest BCUT2D eigenvalue weighted by Crippen LogP contribution is 2.30. The third-order valence-electron chi connectivity index (χ3n) is 5.79. The van der Waals surface area contributed by atoms with Gasteiger partial charge in [0.25, 0.3) is 5.91 Å². The van der Waals surface area contributed by atoms with E-state index >= 15 is 0 Å². The number of carbonyl (C=O) groups is 2. The number of nitrogens with zero attached hydrogens (tertiary/aromatic N) is 2. The zero-order chi connectivity index (χ0) is 23.2. The van der Waals surface area contributed by atoms with Crippen LogP contribution in [-0.4, -0.2) is 54.5 Å². The minimum absolute atomic E-state index is 0.0127. The monoisotopic (exact) mass is 450 g/mol. The lowest BCUT2D eigenvalue weighted by molar-refractivity contribution is -0.142. The van der Waals surface area contributed by atoms with Crippen molar-refractivity contribution in [3.63, 3.8) is 0 Å². The molecule has 0 bridgehead atoms. The van der Waals surface area contributed by atoms with Crippen LogP contribution >= 0.6 is 0 Å². The van der Waals surface area contributed by atoms with Gasteiger partial charge in [-0.25, -0.2) is 0 Å². The molecule has 7 heteroatoms. The summed E-state index contributed by atoms with van der Waals surface area (Å²) in [6, 6.07) is 15.6. The van der Waals surface area contributed by atoms with Gasteiger partial charge in [-0.2, -0.15) is 0 Å². The predicted molar refractivity (Wildman–Crippen MR) is 125 cm³/mol. The molecule has 174 valence electrons. The number of hydrogen-bond acceptors (Lipinski definition) is 6. The lowest BCUT2D eigenvalue weighted by atomic mass is 10.0. The third-order valence-corrected chi connectivity index (χ3v) is 5.79. The highest BCUT2D eigenvalue weighted by Gasteiger charge is 2.25. The van der Waals surface area contributed by atoms with E-state index in [9.17, 15) is 9.59 Å². The predicted octanol–water partition coefficient (Wildman–Crippen LogP) is 4.24. The molecule has 1 aliphatic heterocycles. The molecule has 1 saturated heterocycles. The van der Waals surface area contributed by atoms with Gasteiger partial charge >= 0.3 is 5.97 Å². The number of esters is 1. The molecule has 1 aromatic heterocycles. The number of ether oxygens (including phenoxy) is 2. The van der Waals surface area contributed by atoms with Crippen LogP contribution in [0.4, 0.5) is 0 Å². The number of fused-ring (bicyclic) bond motifs is 1. The fourth-order valence-corrected chi connectivity index (χ4v) is 4.22. The molecule has 0 N–H and O–H groups in total. The van der Waals surface area contributed by atoms with Crippen LogP contribution in [0.2, 0.25) is 0 Å². The Balaban J connectivity index is 1.44. The molecule has 0 saturated carbocycles. The Morgan fingerprint density at radius 3 is 2.61 bits per heavy atom. The minimum atomic E-state index is -0.330. The Kier molecular flexibility index (Phi) is 7.29. The second-order valence-electron chi connectivity index (χ2n) is 8.16. The van der Waals surface area contributed by atoms with E-state index in [2.05, 4.69) is 4.90 Å². The van der Waals surface area contributed by atoms with Crippen molar-refractivity contribution in [2.24, 2.45) is 0 Å². The molecule has 0 spiro atoms. The van der Waals surface area contributed by atoms with Crippen LogP contribution in [-0.2, 0) is 22.7 Å². The minimum Gasteiger partial charge on any atom is -0.493 e. The molecule has 7 nitrogen and oxygen atoms in total. The summed E-state index contributed by atoms with van der Waals surface area (Å²) in [5.41, 5.74) is 0.643. The molecule has 0 atom stereocenters. The summed E-state index contributed by atoms with van der Waals surface area (Å²) in [5.74, 6) is 1.77. The molecule has 2 aromatic carbocycles. The van der Waals surface area contributed by atoms with E-state index in [4.69, 9.17) is 13.9 Å². The summed E-state index contributed by atoms with van der Waals surface area (Å²) < 4.78 is 16.6. The third kappa shape index (κ3) is 5.54. The van der Waals surface area contributed by atoms with Crippen molar-refractivity contribution in [2.45, 2.75) is 33.4 Å². The van der Waals surface area contributed by atoms with Crippen molar-refractivity contribution in [3.05, 3.63) is 65.6 Å². The first kappa shape index (κ1) is 22.9. The first-order valence-electron chi connectivity index (χ1n) is 11.4. The van der Waals surface area contributed by atoms with Gasteiger partial charge in [-0.3, -0.25) is 14.5 Å². The zero-order valence-electron chi connectivity index (χ0n) is 19.2. The number of amides is 1. The summed E-state index contributed by atoms with van der Waals surface area (Å²) in [7, 11) is 0. The highest BCUT2D eigenvalue weighted by atomic mass is 16.5. The van der Waals surface area contributed by atoms with Crippen LogP contribution in [0.5, 0.6) is 5.75 Å². The van der Waals surface area contributed by atoms with Crippen LogP contribution < -0.4 is 4.74 Å². The Morgan fingerprint density at radius 2 is 1.79 bits per heavy atom. The average molecular weight is 451 g/mol. The van der Waals surface area contributed by atoms with E-state index in [1.54, 1.807) is 0 Å². The molecular formula is C26H30N2O5. The molecule has 1 amide bonds. The molecule has 0 radical (unpaired) electrons. The van der Waals surface area contributed by atoms with Gasteiger partial charge in [0.15, 0.2) is 0 Å². The van der Waals surface area contributed by atoms with Gasteiger partial charge < -0.3 is 18.8 Å². The first-order valence-corrected chi connectivity index (χ1v) is 11.4. The summed E-state index contributed by atoms with van der Waals surface area (Å²) >= 11 is 0. The molecule has 1 aliphatic rings. The van der Waals surface area contributed by atoms with E-state index in [1.807, 2.05) is 60.4 Å². The number of furan rings is 1. The van der Waals surface area contributed by atoms with Crippen LogP contribution in [0.1, 0.15) is 42.1 Å². The fourth-order valence-electron chi connectivity index (χ4n) is 4.22. The second kappa shape index (κ2) is 10.5. The van der Waals surface area contributed by atoms with E-state index in [-0.39, 0.29) is 18.5 Å². The Hall–Kier alpha value is -3.32. The van der Waals surface area contributed by atoms with Gasteiger partial charge in [-0.05, 0) is 42.3 Å². The maximum atomic E-state index is 13.6. The number of carbonyl (C=O) groups excluding carboxylic acids is 2. The molecule has 1 fully saturated rings. The van der Waals surface area contributed by atoms with Gasteiger partial charge in [0.05, 0.1) is 18.7 Å². The van der Waals surface area contributed by atoms with Gasteiger partial charge in [-0.15, -0.1) is 0 Å². The molecule has 0 aliphatic carbocycles. The molecule has 3 aromatic rings. The molecule has 0 unspecified atom stereocenters. The lowest BCUT2D eigenvalue weighted by Gasteiger charge is -2.23. The second-order valence-corrected chi connectivity index (χ2v) is 8.16. The topological polar surface area (TPSA) is 72.2 Å². The van der Waals surface area contributed by atoms with E-state index < -0.39 is 0 Å². The highest BCUT2D eigenvalue weighted by molar-refractivity contribution is 6.09. The van der Waals surface area contributed by atoms with Crippen LogP contribution in [0.25, 0.3) is 10.8 Å². The van der Waals surface area contributed by atoms with Gasteiger partial charge in [0, 0.05) is 33.1 Å². The van der Waals surface area contributed by atoms with Crippen molar-refractivity contribution in [2.75, 3.05) is 32.8 Å². The molecule has 4 rings (SSSR count). The molecular weight excluding hydrogens is 420 g/mol. The Bertz CT molecular complexity index is 1120. The van der Waals surface area contributed by atoms with Crippen molar-refractivity contribution in [1.29, 1.82) is 0 Å². The van der Waals surface area contributed by atoms with Crippen molar-refractivity contribution >= 4 is 22.6 Å². The maximum absolute atomic E-state index is 13.6. The Labute approximate surface area is 193 Å². The molecule has 33 heavy (non-hydrogen) atoms. The van der Waals surface area contributed by atoms with Crippen LogP contribution in [0.15, 0.2) is 52.9 Å². The molecule has 2 heterocycles. The normalized spacial score (nSPS) is 14.8. The largest absolute Gasteiger partial charge is 0.493 e. The van der Waals surface area contributed by atoms with E-state index in [0.717, 1.165) is 36.0 Å². The van der Waals surface area contributed by atoms with E-state index in [0.29, 0.717) is 43.3 Å². The van der Waals surface area contributed by atoms with Crippen LogP contribution in [0.3, 0.4) is 0 Å². The summed E-state index contributed by atoms with van der Waals surface area (Å²) in [6.07, 6.45) is 0.876. The van der Waals surface area contributed by atoms with Crippen molar-refractivity contribution in [1.82, 2.24) is 9.80 Å². The smallest absolute Gasteiger partial charge is 0.303 e. The van der Waals surface area contributed by atoms with Gasteiger partial charge in [0.2, 0.25) is 0 Å². The van der Waals surface area contributed by atoms with Crippen molar-refractivity contribution in [3.8, 4) is 5.75 Å². The fraction of sp³-hybridized carbons (Fsp3) is 0.385.